The summed E-state index contributed by atoms with van der Waals surface area (Å²) in [6, 6.07) is 1.43. The number of nitrogens with zero attached hydrogens (tertiary/aromatic N) is 4. The topological polar surface area (TPSA) is 159 Å². The summed E-state index contributed by atoms with van der Waals surface area (Å²) in [4.78, 5) is 31.1. The highest BCUT2D eigenvalue weighted by atomic mass is 32.2. The number of carbonyl (C=O) groups excluding carboxylic acids is 2. The molecule has 0 saturated heterocycles. The number of anilines is 3. The van der Waals surface area contributed by atoms with E-state index in [9.17, 15) is 9.59 Å². The predicted octanol–water partition coefficient (Wildman–Crippen LogP) is 0.879. The van der Waals surface area contributed by atoms with Gasteiger partial charge in [-0.05, 0) is 6.92 Å². The van der Waals surface area contributed by atoms with Gasteiger partial charge < -0.3 is 16.2 Å². The number of amides is 1. The number of nitrogens with one attached hydrogen (secondary N) is 1. The highest BCUT2D eigenvalue weighted by molar-refractivity contribution is 8.01. The number of nitrogens with two attached hydrogens (primary N) is 2. The van der Waals surface area contributed by atoms with E-state index in [0.29, 0.717) is 21.2 Å². The normalized spacial score (nSPS) is 10.4. The van der Waals surface area contributed by atoms with Crippen LogP contribution in [0.2, 0.25) is 0 Å². The van der Waals surface area contributed by atoms with E-state index in [4.69, 9.17) is 16.2 Å². The molecule has 134 valence electrons. The third kappa shape index (κ3) is 6.72. The molecule has 2 aromatic heterocycles. The van der Waals surface area contributed by atoms with Crippen LogP contribution in [0.3, 0.4) is 0 Å². The Morgan fingerprint density at radius 1 is 1.20 bits per heavy atom. The van der Waals surface area contributed by atoms with Crippen molar-refractivity contribution in [1.29, 1.82) is 0 Å². The largest absolute Gasteiger partial charge is 0.465 e. The summed E-state index contributed by atoms with van der Waals surface area (Å²) in [5.74, 6) is 0.0539. The van der Waals surface area contributed by atoms with E-state index in [-0.39, 0.29) is 35.0 Å². The molecule has 0 aliphatic carbocycles. The van der Waals surface area contributed by atoms with Crippen LogP contribution in [0.5, 0.6) is 0 Å². The SMILES string of the molecule is CCOC(=O)CSc1nnc(NC(=O)CSc2nc(N)cc(N)n2)s1. The van der Waals surface area contributed by atoms with Crippen LogP contribution in [0.1, 0.15) is 6.92 Å². The van der Waals surface area contributed by atoms with E-state index in [1.807, 2.05) is 0 Å². The molecule has 0 aromatic carbocycles. The first-order valence-electron chi connectivity index (χ1n) is 6.91. The Bertz CT molecular complexity index is 735. The quantitative estimate of drug-likeness (QED) is 0.249. The van der Waals surface area contributed by atoms with Crippen molar-refractivity contribution in [3.63, 3.8) is 0 Å². The van der Waals surface area contributed by atoms with Crippen molar-refractivity contribution in [2.75, 3.05) is 34.9 Å². The molecule has 0 radical (unpaired) electrons. The predicted molar refractivity (Wildman–Crippen MR) is 97.5 cm³/mol. The lowest BCUT2D eigenvalue weighted by Gasteiger charge is -2.02. The number of hydrogen-bond donors (Lipinski definition) is 3. The maximum absolute atomic E-state index is 11.9. The van der Waals surface area contributed by atoms with Gasteiger partial charge in [-0.25, -0.2) is 9.97 Å². The van der Waals surface area contributed by atoms with Crippen LogP contribution in [0.4, 0.5) is 16.8 Å². The molecule has 0 aliphatic rings. The van der Waals surface area contributed by atoms with E-state index in [1.54, 1.807) is 6.92 Å². The number of ether oxygens (including phenoxy) is 1. The van der Waals surface area contributed by atoms with Gasteiger partial charge in [0.15, 0.2) is 9.50 Å². The zero-order chi connectivity index (χ0) is 18.2. The smallest absolute Gasteiger partial charge is 0.316 e. The van der Waals surface area contributed by atoms with Gasteiger partial charge in [0.1, 0.15) is 11.6 Å². The van der Waals surface area contributed by atoms with Gasteiger partial charge in [-0.15, -0.1) is 10.2 Å². The van der Waals surface area contributed by atoms with E-state index < -0.39 is 0 Å². The van der Waals surface area contributed by atoms with Crippen molar-refractivity contribution in [2.24, 2.45) is 0 Å². The first-order valence-corrected chi connectivity index (χ1v) is 9.69. The van der Waals surface area contributed by atoms with Gasteiger partial charge in [0.05, 0.1) is 18.1 Å². The van der Waals surface area contributed by atoms with E-state index in [1.165, 1.54) is 29.2 Å². The Hall–Kier alpha value is -2.12. The molecule has 0 bridgehead atoms. The number of carbonyl (C=O) groups is 2. The molecular weight excluding hydrogens is 386 g/mol. The van der Waals surface area contributed by atoms with Crippen molar-refractivity contribution >= 4 is 63.5 Å². The molecule has 13 heteroatoms. The average molecular weight is 401 g/mol. The third-order valence-corrected chi connectivity index (χ3v) is 5.14. The fourth-order valence-electron chi connectivity index (χ4n) is 1.45. The molecule has 25 heavy (non-hydrogen) atoms. The molecule has 0 fully saturated rings. The lowest BCUT2D eigenvalue weighted by Crippen LogP contribution is -2.14. The van der Waals surface area contributed by atoms with Crippen molar-refractivity contribution in [3.8, 4) is 0 Å². The van der Waals surface area contributed by atoms with Gasteiger partial charge in [-0.2, -0.15) is 0 Å². The molecule has 5 N–H and O–H groups in total. The van der Waals surface area contributed by atoms with Gasteiger partial charge in [0.25, 0.3) is 0 Å². The third-order valence-electron chi connectivity index (χ3n) is 2.35. The van der Waals surface area contributed by atoms with Crippen LogP contribution in [-0.2, 0) is 14.3 Å². The summed E-state index contributed by atoms with van der Waals surface area (Å²) < 4.78 is 5.38. The van der Waals surface area contributed by atoms with Gasteiger partial charge in [0.2, 0.25) is 11.0 Å². The summed E-state index contributed by atoms with van der Waals surface area (Å²) in [6.45, 7) is 2.07. The molecule has 2 heterocycles. The van der Waals surface area contributed by atoms with Gasteiger partial charge in [0, 0.05) is 6.07 Å². The molecule has 0 saturated carbocycles. The van der Waals surface area contributed by atoms with Gasteiger partial charge in [-0.3, -0.25) is 14.9 Å². The summed E-state index contributed by atoms with van der Waals surface area (Å²) in [5.41, 5.74) is 11.1. The summed E-state index contributed by atoms with van der Waals surface area (Å²) in [7, 11) is 0. The number of aromatic nitrogens is 4. The second-order valence-electron chi connectivity index (χ2n) is 4.30. The average Bonchev–Trinajstić information content (AvgIpc) is 2.98. The minimum absolute atomic E-state index is 0.0633. The van der Waals surface area contributed by atoms with E-state index in [0.717, 1.165) is 11.8 Å². The number of rotatable bonds is 8. The molecule has 10 nitrogen and oxygen atoms in total. The van der Waals surface area contributed by atoms with Crippen molar-refractivity contribution in [2.45, 2.75) is 16.4 Å². The summed E-state index contributed by atoms with van der Waals surface area (Å²) >= 11 is 3.46. The summed E-state index contributed by atoms with van der Waals surface area (Å²) in [6.07, 6.45) is 0. The molecule has 2 rings (SSSR count). The second-order valence-corrected chi connectivity index (χ2v) is 7.45. The summed E-state index contributed by atoms with van der Waals surface area (Å²) in [5, 5.41) is 11.0. The van der Waals surface area contributed by atoms with Crippen molar-refractivity contribution < 1.29 is 14.3 Å². The molecule has 0 unspecified atom stereocenters. The van der Waals surface area contributed by atoms with Crippen LogP contribution >= 0.6 is 34.9 Å². The number of nitrogen functional groups attached to an aromatic ring is 2. The molecule has 0 spiro atoms. The Morgan fingerprint density at radius 2 is 1.92 bits per heavy atom. The minimum Gasteiger partial charge on any atom is -0.465 e. The number of hydrogen-bond acceptors (Lipinski definition) is 12. The highest BCUT2D eigenvalue weighted by Gasteiger charge is 2.12. The number of esters is 1. The van der Waals surface area contributed by atoms with Crippen LogP contribution in [-0.4, -0.2) is 50.2 Å². The Balaban J connectivity index is 1.79. The zero-order valence-corrected chi connectivity index (χ0v) is 15.5. The molecule has 2 aromatic rings. The van der Waals surface area contributed by atoms with Crippen LogP contribution < -0.4 is 16.8 Å². The van der Waals surface area contributed by atoms with Crippen LogP contribution in [0.15, 0.2) is 15.6 Å². The van der Waals surface area contributed by atoms with E-state index in [2.05, 4.69) is 25.5 Å². The van der Waals surface area contributed by atoms with Crippen molar-refractivity contribution in [3.05, 3.63) is 6.07 Å². The van der Waals surface area contributed by atoms with Gasteiger partial charge in [-0.1, -0.05) is 34.9 Å². The molecule has 0 atom stereocenters. The standard InChI is InChI=1S/C12H15N7O3S3/c1-2-22-9(21)5-24-12-19-18-11(25-12)17-8(20)4-23-10-15-6(13)3-7(14)16-10/h3H,2,4-5H2,1H3,(H,17,18,20)(H4,13,14,15,16). The number of thioether (sulfide) groups is 2. The lowest BCUT2D eigenvalue weighted by molar-refractivity contribution is -0.139. The van der Waals surface area contributed by atoms with Crippen LogP contribution in [0, 0.1) is 0 Å². The fourth-order valence-corrected chi connectivity index (χ4v) is 3.69. The minimum atomic E-state index is -0.328. The zero-order valence-electron chi connectivity index (χ0n) is 13.1. The second kappa shape index (κ2) is 9.39. The van der Waals surface area contributed by atoms with Crippen LogP contribution in [0.25, 0.3) is 0 Å². The Labute approximate surface area is 155 Å². The maximum Gasteiger partial charge on any atom is 0.316 e. The molecule has 1 amide bonds. The monoisotopic (exact) mass is 401 g/mol. The lowest BCUT2D eigenvalue weighted by atomic mass is 10.5. The molecular formula is C12H15N7O3S3. The van der Waals surface area contributed by atoms with E-state index >= 15 is 0 Å². The fraction of sp³-hybridized carbons (Fsp3) is 0.333. The Morgan fingerprint density at radius 3 is 2.60 bits per heavy atom. The highest BCUT2D eigenvalue weighted by Crippen LogP contribution is 2.25. The van der Waals surface area contributed by atoms with Crippen molar-refractivity contribution in [1.82, 2.24) is 20.2 Å². The van der Waals surface area contributed by atoms with Gasteiger partial charge >= 0.3 is 5.97 Å². The first kappa shape index (κ1) is 19.2. The molecule has 0 aliphatic heterocycles. The Kier molecular flexibility index (Phi) is 7.21. The first-order chi connectivity index (χ1) is 12.0. The maximum atomic E-state index is 11.9.